The lowest BCUT2D eigenvalue weighted by molar-refractivity contribution is -0.458. The van der Waals surface area contributed by atoms with Crippen molar-refractivity contribution >= 4 is 22.0 Å². The smallest absolute Gasteiger partial charge is 0.460 e. The maximum atomic E-state index is 13.9. The molecule has 0 saturated heterocycles. The lowest BCUT2D eigenvalue weighted by atomic mass is 9.91. The fourth-order valence-corrected chi connectivity index (χ4v) is 4.33. The van der Waals surface area contributed by atoms with E-state index in [1.807, 2.05) is 0 Å². The van der Waals surface area contributed by atoms with Gasteiger partial charge in [-0.15, -0.1) is 0 Å². The van der Waals surface area contributed by atoms with Crippen molar-refractivity contribution in [1.29, 1.82) is 0 Å². The van der Waals surface area contributed by atoms with E-state index in [0.717, 1.165) is 12.8 Å². The molecule has 0 bridgehead atoms. The predicted octanol–water partition coefficient (Wildman–Crippen LogP) is 8.27. The normalized spacial score (nSPS) is 14.7. The lowest BCUT2D eigenvalue weighted by Crippen LogP contribution is -2.75. The molecule has 0 aliphatic rings. The molecular weight excluding hydrogens is 777 g/mol. The molecule has 7 nitrogen and oxygen atoms in total. The summed E-state index contributed by atoms with van der Waals surface area (Å²) in [7, 11) is -7.59. The summed E-state index contributed by atoms with van der Waals surface area (Å²) in [6, 6.07) is 0. The first-order chi connectivity index (χ1) is 22.5. The molecule has 0 amide bonds. The minimum Gasteiger partial charge on any atom is -0.462 e. The molecule has 1 atom stereocenters. The van der Waals surface area contributed by atoms with Crippen molar-refractivity contribution in [2.24, 2.45) is 5.92 Å². The Morgan fingerprint density at radius 3 is 1.51 bits per heavy atom. The van der Waals surface area contributed by atoms with Crippen molar-refractivity contribution in [3.8, 4) is 0 Å². The molecule has 0 heterocycles. The lowest BCUT2D eigenvalue weighted by Gasteiger charge is -2.42. The molecule has 0 aromatic rings. The molecule has 0 aromatic heterocycles. The van der Waals surface area contributed by atoms with E-state index in [4.69, 9.17) is 4.74 Å². The first-order valence-electron chi connectivity index (χ1n) is 13.8. The van der Waals surface area contributed by atoms with Gasteiger partial charge in [-0.25, -0.2) is 18.0 Å². The zero-order valence-electron chi connectivity index (χ0n) is 26.7. The molecule has 0 aliphatic carbocycles. The predicted molar refractivity (Wildman–Crippen MR) is 142 cm³/mol. The summed E-state index contributed by atoms with van der Waals surface area (Å²) < 4.78 is 256. The van der Waals surface area contributed by atoms with E-state index in [-0.39, 0.29) is 13.0 Å². The highest BCUT2D eigenvalue weighted by Crippen LogP contribution is 2.64. The molecule has 302 valence electrons. The van der Waals surface area contributed by atoms with Crippen LogP contribution in [0.3, 0.4) is 0 Å². The van der Waals surface area contributed by atoms with Crippen LogP contribution < -0.4 is 0 Å². The second-order valence-corrected chi connectivity index (χ2v) is 12.5. The van der Waals surface area contributed by atoms with Gasteiger partial charge in [-0.05, 0) is 19.3 Å². The molecule has 25 heteroatoms. The first-order valence-corrected chi connectivity index (χ1v) is 15.2. The van der Waals surface area contributed by atoms with Crippen LogP contribution in [0.15, 0.2) is 24.8 Å². The van der Waals surface area contributed by atoms with Gasteiger partial charge in [0.1, 0.15) is 6.61 Å². The number of ether oxygens (including phenoxy) is 2. The number of alkyl halides is 17. The van der Waals surface area contributed by atoms with Crippen LogP contribution in [0.1, 0.15) is 46.5 Å². The van der Waals surface area contributed by atoms with E-state index in [9.17, 15) is 92.6 Å². The van der Waals surface area contributed by atoms with Crippen molar-refractivity contribution in [2.45, 2.75) is 93.4 Å². The quantitative estimate of drug-likeness (QED) is 0.0742. The van der Waals surface area contributed by atoms with Crippen LogP contribution in [0.25, 0.3) is 0 Å². The third-order valence-corrected chi connectivity index (χ3v) is 8.49. The number of rotatable bonds is 19. The molecule has 0 aliphatic heterocycles. The molecule has 0 spiro atoms. The summed E-state index contributed by atoms with van der Waals surface area (Å²) in [6.45, 7) is 9.87. The maximum absolute atomic E-state index is 13.9. The number of sulfonamides is 1. The van der Waals surface area contributed by atoms with E-state index < -0.39 is 80.4 Å². The highest BCUT2D eigenvalue weighted by atomic mass is 32.2. The fraction of sp³-hybridized carbons (Fsp3) is 0.769. The number of carbonyl (C=O) groups excluding carboxylic acids is 2. The van der Waals surface area contributed by atoms with Gasteiger partial charge >= 0.3 is 58.9 Å². The summed E-state index contributed by atoms with van der Waals surface area (Å²) >= 11 is 0. The average molecular weight is 810 g/mol. The Kier molecular flexibility index (Phi) is 17.1. The summed E-state index contributed by atoms with van der Waals surface area (Å²) in [5.74, 6) is -53.1. The zero-order valence-corrected chi connectivity index (χ0v) is 27.6. The SMILES string of the molecule is C=C(C)C(=O)OCC(CC)CCCC.C=CC(=O)OCCN(C)S(=O)(=O)C(F)(F)C(F)(F)C(F)(F)C(F)(F)C(F)(F)C(F)(F)C(F)(F)C(F)(F)F. The van der Waals surface area contributed by atoms with Crippen LogP contribution in [0.2, 0.25) is 0 Å². The van der Waals surface area contributed by atoms with Crippen LogP contribution in [-0.2, 0) is 29.1 Å². The molecule has 51 heavy (non-hydrogen) atoms. The number of esters is 2. The number of nitrogens with zero attached hydrogens (tertiary/aromatic N) is 1. The first kappa shape index (κ1) is 50.2. The zero-order chi connectivity index (χ0) is 41.5. The van der Waals surface area contributed by atoms with Crippen molar-refractivity contribution in [2.75, 3.05) is 26.8 Å². The van der Waals surface area contributed by atoms with Crippen LogP contribution in [0, 0.1) is 5.92 Å². The topological polar surface area (TPSA) is 90.0 Å². The Balaban J connectivity index is 0. The number of halogens is 17. The Labute approximate surface area is 279 Å². The van der Waals surface area contributed by atoms with Crippen molar-refractivity contribution < 1.29 is 102 Å². The largest absolute Gasteiger partial charge is 0.462 e. The summed E-state index contributed by atoms with van der Waals surface area (Å²) in [4.78, 5) is 21.8. The van der Waals surface area contributed by atoms with Gasteiger partial charge in [0.25, 0.3) is 10.0 Å². The molecule has 0 rings (SSSR count). The summed E-state index contributed by atoms with van der Waals surface area (Å²) in [5.41, 5.74) is 0.482. The highest BCUT2D eigenvalue weighted by molar-refractivity contribution is 7.90. The molecular formula is C26H32F17NO6S. The second-order valence-electron chi connectivity index (χ2n) is 10.5. The van der Waals surface area contributed by atoms with Gasteiger partial charge in [0.15, 0.2) is 0 Å². The molecule has 0 N–H and O–H groups in total. The van der Waals surface area contributed by atoms with Crippen LogP contribution >= 0.6 is 0 Å². The van der Waals surface area contributed by atoms with E-state index in [1.165, 1.54) is 12.8 Å². The number of hydrogen-bond acceptors (Lipinski definition) is 6. The second kappa shape index (κ2) is 17.3. The number of unbranched alkanes of at least 4 members (excludes halogenated alkanes) is 1. The number of hydrogen-bond donors (Lipinski definition) is 0. The highest BCUT2D eigenvalue weighted by Gasteiger charge is 2.96. The van der Waals surface area contributed by atoms with E-state index >= 15 is 0 Å². The number of carbonyl (C=O) groups is 2. The van der Waals surface area contributed by atoms with Crippen LogP contribution in [0.4, 0.5) is 74.6 Å². The van der Waals surface area contributed by atoms with Gasteiger partial charge in [-0.2, -0.15) is 78.9 Å². The molecule has 0 radical (unpaired) electrons. The Morgan fingerprint density at radius 2 is 1.16 bits per heavy atom. The third kappa shape index (κ3) is 9.97. The molecule has 0 saturated carbocycles. The van der Waals surface area contributed by atoms with Crippen LogP contribution in [-0.4, -0.2) is 98.4 Å². The van der Waals surface area contributed by atoms with E-state index in [1.54, 1.807) is 6.92 Å². The fourth-order valence-electron chi connectivity index (χ4n) is 3.18. The van der Waals surface area contributed by atoms with Crippen molar-refractivity contribution in [3.05, 3.63) is 24.8 Å². The van der Waals surface area contributed by atoms with Gasteiger partial charge in [0, 0.05) is 25.2 Å². The Morgan fingerprint density at radius 1 is 0.745 bits per heavy atom. The summed E-state index contributed by atoms with van der Waals surface area (Å²) in [5, 5.41) is -7.66. The molecule has 0 aromatic carbocycles. The van der Waals surface area contributed by atoms with Crippen molar-refractivity contribution in [1.82, 2.24) is 4.31 Å². The molecule has 0 fully saturated rings. The Hall–Kier alpha value is -2.86. The Bertz CT molecular complexity index is 1320. The van der Waals surface area contributed by atoms with Gasteiger partial charge in [-0.3, -0.25) is 0 Å². The molecule has 1 unspecified atom stereocenters. The van der Waals surface area contributed by atoms with Gasteiger partial charge < -0.3 is 9.47 Å². The van der Waals surface area contributed by atoms with E-state index in [0.29, 0.717) is 24.2 Å². The third-order valence-electron chi connectivity index (χ3n) is 6.59. The van der Waals surface area contributed by atoms with Gasteiger partial charge in [0.05, 0.1) is 6.61 Å². The van der Waals surface area contributed by atoms with Gasteiger partial charge in [0.2, 0.25) is 0 Å². The monoisotopic (exact) mass is 809 g/mol. The van der Waals surface area contributed by atoms with E-state index in [2.05, 4.69) is 31.7 Å². The van der Waals surface area contributed by atoms with Crippen LogP contribution in [0.5, 0.6) is 0 Å². The maximum Gasteiger partial charge on any atom is 0.460 e. The minimum absolute atomic E-state index is 0.177. The standard InChI is InChI=1S/C14H10F17NO4S.C12H22O2/c1-3-6(33)36-5-4-32(2)37(34,35)14(30,31)12(25,26)10(21,22)8(17,18)7(15,16)9(19,20)11(23,24)13(27,28)29;1-5-7-8-11(6-2)9-14-12(13)10(3)4/h3H,1,4-5H2,2H3;11H,3,5-9H2,1-2,4H3. The van der Waals surface area contributed by atoms with Crippen molar-refractivity contribution in [3.63, 3.8) is 0 Å². The number of likely N-dealkylation sites (N-methyl/N-ethyl adjacent to an activating group) is 1. The summed E-state index contributed by atoms with van der Waals surface area (Å²) in [6.07, 6.45) is -2.90. The average Bonchev–Trinajstić information content (AvgIpc) is 2.99. The van der Waals surface area contributed by atoms with Gasteiger partial charge in [-0.1, -0.05) is 46.3 Å². The minimum atomic E-state index is -8.90.